The van der Waals surface area contributed by atoms with Crippen molar-refractivity contribution in [2.75, 3.05) is 5.32 Å². The first-order valence-corrected chi connectivity index (χ1v) is 6.00. The molecule has 0 aromatic carbocycles. The second-order valence-corrected chi connectivity index (χ2v) is 4.96. The number of azo groups is 1. The fourth-order valence-corrected chi connectivity index (χ4v) is 1.80. The third-order valence-electron chi connectivity index (χ3n) is 2.86. The summed E-state index contributed by atoms with van der Waals surface area (Å²) in [7, 11) is 0. The van der Waals surface area contributed by atoms with Crippen molar-refractivity contribution in [2.24, 2.45) is 10.2 Å². The van der Waals surface area contributed by atoms with Crippen LogP contribution >= 0.6 is 11.6 Å². The Morgan fingerprint density at radius 3 is 2.70 bits per heavy atom. The predicted molar refractivity (Wildman–Crippen MR) is 65.6 cm³/mol. The number of nitrogens with one attached hydrogen (secondary N) is 1. The molecule has 0 fully saturated rings. The molecule has 1 aromatic heterocycles. The molecule has 1 aromatic rings. The van der Waals surface area contributed by atoms with Crippen LogP contribution in [0.25, 0.3) is 0 Å². The number of hydrogen-bond donors (Lipinski definition) is 1. The lowest BCUT2D eigenvalue weighted by Crippen LogP contribution is -2.40. The summed E-state index contributed by atoms with van der Waals surface area (Å²) in [4.78, 5) is 15.8. The van der Waals surface area contributed by atoms with Crippen molar-refractivity contribution in [2.45, 2.75) is 31.1 Å². The highest BCUT2D eigenvalue weighted by atomic mass is 35.5. The summed E-state index contributed by atoms with van der Waals surface area (Å²) < 4.78 is 37.6. The standard InChI is InChI=1S/C11H10ClF3N4O/c1-10(4-7(18-19-10)11(13,14)15)9(20)17-6-2-3-8(12)16-5-6/h2-3,5,7H,4H2,1H3,(H,17,20). The minimum Gasteiger partial charge on any atom is -0.323 e. The van der Waals surface area contributed by atoms with Crippen molar-refractivity contribution in [3.8, 4) is 0 Å². The van der Waals surface area contributed by atoms with Gasteiger partial charge in [-0.15, -0.1) is 0 Å². The number of carbonyl (C=O) groups is 1. The third-order valence-corrected chi connectivity index (χ3v) is 3.08. The number of amides is 1. The van der Waals surface area contributed by atoms with E-state index in [2.05, 4.69) is 20.5 Å². The van der Waals surface area contributed by atoms with Crippen LogP contribution in [0.2, 0.25) is 5.15 Å². The van der Waals surface area contributed by atoms with E-state index in [-0.39, 0.29) is 5.15 Å². The maximum atomic E-state index is 12.5. The molecule has 2 rings (SSSR count). The van der Waals surface area contributed by atoms with Gasteiger partial charge in [-0.1, -0.05) is 11.6 Å². The van der Waals surface area contributed by atoms with Gasteiger partial charge < -0.3 is 5.32 Å². The van der Waals surface area contributed by atoms with Gasteiger partial charge in [0.2, 0.25) is 0 Å². The van der Waals surface area contributed by atoms with Gasteiger partial charge in [0.1, 0.15) is 5.15 Å². The predicted octanol–water partition coefficient (Wildman–Crippen LogP) is 3.22. The van der Waals surface area contributed by atoms with Gasteiger partial charge in [0, 0.05) is 6.42 Å². The average Bonchev–Trinajstić information content (AvgIpc) is 2.76. The topological polar surface area (TPSA) is 66.7 Å². The molecule has 20 heavy (non-hydrogen) atoms. The molecule has 1 aliphatic rings. The van der Waals surface area contributed by atoms with E-state index >= 15 is 0 Å². The monoisotopic (exact) mass is 306 g/mol. The lowest BCUT2D eigenvalue weighted by Gasteiger charge is -2.20. The van der Waals surface area contributed by atoms with Crippen molar-refractivity contribution in [3.05, 3.63) is 23.5 Å². The molecule has 0 bridgehead atoms. The first-order valence-electron chi connectivity index (χ1n) is 5.62. The third kappa shape index (κ3) is 3.06. The van der Waals surface area contributed by atoms with Crippen LogP contribution in [0, 0.1) is 0 Å². The fraction of sp³-hybridized carbons (Fsp3) is 0.455. The normalized spacial score (nSPS) is 25.8. The minimum atomic E-state index is -4.50. The maximum absolute atomic E-state index is 12.5. The number of rotatable bonds is 2. The quantitative estimate of drug-likeness (QED) is 0.852. The van der Waals surface area contributed by atoms with Gasteiger partial charge >= 0.3 is 6.18 Å². The van der Waals surface area contributed by atoms with E-state index in [1.54, 1.807) is 0 Å². The molecule has 0 aliphatic carbocycles. The summed E-state index contributed by atoms with van der Waals surface area (Å²) in [5.74, 6) is -0.669. The zero-order valence-corrected chi connectivity index (χ0v) is 11.0. The van der Waals surface area contributed by atoms with Crippen molar-refractivity contribution in [3.63, 3.8) is 0 Å². The largest absolute Gasteiger partial charge is 0.412 e. The molecule has 0 saturated carbocycles. The second kappa shape index (κ2) is 5.01. The van der Waals surface area contributed by atoms with Crippen molar-refractivity contribution >= 4 is 23.2 Å². The van der Waals surface area contributed by atoms with Crippen molar-refractivity contribution in [1.29, 1.82) is 0 Å². The number of pyridine rings is 1. The van der Waals surface area contributed by atoms with E-state index in [0.29, 0.717) is 5.69 Å². The molecule has 1 aliphatic heterocycles. The Balaban J connectivity index is 2.07. The number of aromatic nitrogens is 1. The molecule has 0 radical (unpaired) electrons. The smallest absolute Gasteiger partial charge is 0.323 e. The molecular formula is C11H10ClF3N4O. The van der Waals surface area contributed by atoms with Gasteiger partial charge in [-0.25, -0.2) is 4.98 Å². The average molecular weight is 307 g/mol. The van der Waals surface area contributed by atoms with Crippen LogP contribution in [0.5, 0.6) is 0 Å². The van der Waals surface area contributed by atoms with Gasteiger partial charge in [-0.05, 0) is 19.1 Å². The van der Waals surface area contributed by atoms with Crippen LogP contribution in [0.1, 0.15) is 13.3 Å². The first-order chi connectivity index (χ1) is 9.21. The first kappa shape index (κ1) is 14.7. The van der Waals surface area contributed by atoms with Crippen LogP contribution in [0.15, 0.2) is 28.6 Å². The summed E-state index contributed by atoms with van der Waals surface area (Å²) >= 11 is 5.59. The Morgan fingerprint density at radius 1 is 1.50 bits per heavy atom. The molecule has 108 valence electrons. The molecule has 5 nitrogen and oxygen atoms in total. The Bertz CT molecular complexity index is 546. The molecule has 2 atom stereocenters. The second-order valence-electron chi connectivity index (χ2n) is 4.57. The van der Waals surface area contributed by atoms with Crippen LogP contribution in [0.3, 0.4) is 0 Å². The van der Waals surface area contributed by atoms with Crippen LogP contribution < -0.4 is 5.32 Å². The Kier molecular flexibility index (Phi) is 3.68. The van der Waals surface area contributed by atoms with Crippen LogP contribution in [-0.2, 0) is 4.79 Å². The number of hydrogen-bond acceptors (Lipinski definition) is 4. The fourth-order valence-electron chi connectivity index (χ4n) is 1.69. The minimum absolute atomic E-state index is 0.243. The van der Waals surface area contributed by atoms with Crippen molar-refractivity contribution in [1.82, 2.24) is 4.98 Å². The van der Waals surface area contributed by atoms with E-state index in [4.69, 9.17) is 11.6 Å². The Labute approximate surface area is 117 Å². The molecule has 9 heteroatoms. The van der Waals surface area contributed by atoms with Crippen molar-refractivity contribution < 1.29 is 18.0 Å². The van der Waals surface area contributed by atoms with E-state index < -0.39 is 30.1 Å². The Morgan fingerprint density at radius 2 is 2.20 bits per heavy atom. The molecule has 0 spiro atoms. The van der Waals surface area contributed by atoms with E-state index in [9.17, 15) is 18.0 Å². The Hall–Kier alpha value is -1.70. The molecule has 2 unspecified atom stereocenters. The van der Waals surface area contributed by atoms with E-state index in [0.717, 1.165) is 0 Å². The van der Waals surface area contributed by atoms with E-state index in [1.807, 2.05) is 0 Å². The maximum Gasteiger partial charge on any atom is 0.412 e. The lowest BCUT2D eigenvalue weighted by atomic mass is 9.94. The highest BCUT2D eigenvalue weighted by Crippen LogP contribution is 2.37. The number of carbonyl (C=O) groups excluding carboxylic acids is 1. The van der Waals surface area contributed by atoms with Gasteiger partial charge in [-0.2, -0.15) is 23.4 Å². The SMILES string of the molecule is CC1(C(=O)Nc2ccc(Cl)nc2)CC(C(F)(F)F)N=N1. The molecule has 2 heterocycles. The molecular weight excluding hydrogens is 297 g/mol. The van der Waals surface area contributed by atoms with Gasteiger partial charge in [0.25, 0.3) is 5.91 Å². The van der Waals surface area contributed by atoms with Gasteiger partial charge in [0.05, 0.1) is 11.9 Å². The molecule has 0 saturated heterocycles. The lowest BCUT2D eigenvalue weighted by molar-refractivity contribution is -0.148. The zero-order valence-electron chi connectivity index (χ0n) is 10.3. The number of halogens is 4. The molecule has 1 amide bonds. The molecule has 1 N–H and O–H groups in total. The number of nitrogens with zero attached hydrogens (tertiary/aromatic N) is 3. The van der Waals surface area contributed by atoms with Crippen LogP contribution in [-0.4, -0.2) is 28.6 Å². The van der Waals surface area contributed by atoms with Crippen LogP contribution in [0.4, 0.5) is 18.9 Å². The summed E-state index contributed by atoms with van der Waals surface area (Å²) in [6.07, 6.45) is -3.70. The van der Waals surface area contributed by atoms with E-state index in [1.165, 1.54) is 25.3 Å². The zero-order chi connectivity index (χ0) is 15.0. The highest BCUT2D eigenvalue weighted by Gasteiger charge is 2.51. The highest BCUT2D eigenvalue weighted by molar-refractivity contribution is 6.29. The van der Waals surface area contributed by atoms with Gasteiger partial charge in [-0.3, -0.25) is 4.79 Å². The number of alkyl halides is 3. The van der Waals surface area contributed by atoms with Gasteiger partial charge in [0.15, 0.2) is 11.6 Å². The summed E-state index contributed by atoms with van der Waals surface area (Å²) in [6, 6.07) is 1.000. The summed E-state index contributed by atoms with van der Waals surface area (Å²) in [6.45, 7) is 1.31. The summed E-state index contributed by atoms with van der Waals surface area (Å²) in [5.41, 5.74) is -1.22. The summed E-state index contributed by atoms with van der Waals surface area (Å²) in [5, 5.41) is 9.30. The number of anilines is 1.